The number of rotatable bonds is 11. The highest BCUT2D eigenvalue weighted by Crippen LogP contribution is 2.57. The van der Waals surface area contributed by atoms with Gasteiger partial charge in [-0.2, -0.15) is 0 Å². The number of Topliss-reactive ketones (excluding diaryl/α,β-unsaturated/α-hetero) is 1. The molecular weight excluding hydrogens is 566 g/mol. The van der Waals surface area contributed by atoms with Crippen LogP contribution in [0.25, 0.3) is 0 Å². The third kappa shape index (κ3) is 8.29. The maximum Gasteiger partial charge on any atom is 0.329 e. The Labute approximate surface area is 261 Å². The normalized spacial score (nSPS) is 24.7. The minimum atomic E-state index is -1.10. The molecule has 0 radical (unpaired) electrons. The van der Waals surface area contributed by atoms with Gasteiger partial charge in [-0.1, -0.05) is 61.3 Å². The van der Waals surface area contributed by atoms with Gasteiger partial charge < -0.3 is 31.3 Å². The summed E-state index contributed by atoms with van der Waals surface area (Å²) >= 11 is 0. The van der Waals surface area contributed by atoms with E-state index in [0.717, 1.165) is 12.8 Å². The maximum absolute atomic E-state index is 14.2. The van der Waals surface area contributed by atoms with Crippen LogP contribution < -0.4 is 21.7 Å². The molecule has 5 N–H and O–H groups in total. The molecule has 0 aromatic carbocycles. The number of carbonyl (C=O) groups excluding carboxylic acids is 6. The number of esters is 1. The van der Waals surface area contributed by atoms with Gasteiger partial charge in [0.05, 0.1) is 6.04 Å². The average molecular weight is 620 g/mol. The SMILES string of the molecule is CC(C)[C@H](NC(=O)NC(C(=O)OC(C)(C)C)C(C)(C)C)C(=O)N1C[C@H]2[C@H](CC2(C)C)[C@H]1C(=O)NC(CC1CC1)C(=O)C(N)=O. The van der Waals surface area contributed by atoms with Crippen molar-refractivity contribution in [2.75, 3.05) is 6.54 Å². The largest absolute Gasteiger partial charge is 0.458 e. The van der Waals surface area contributed by atoms with Gasteiger partial charge in [0.25, 0.3) is 5.91 Å². The number of nitrogens with two attached hydrogens (primary N) is 1. The van der Waals surface area contributed by atoms with E-state index >= 15 is 0 Å². The van der Waals surface area contributed by atoms with E-state index in [1.165, 1.54) is 4.90 Å². The fourth-order valence-electron chi connectivity index (χ4n) is 6.50. The lowest BCUT2D eigenvalue weighted by Gasteiger charge is -2.48. The van der Waals surface area contributed by atoms with E-state index in [1.807, 2.05) is 0 Å². The van der Waals surface area contributed by atoms with Gasteiger partial charge >= 0.3 is 12.0 Å². The van der Waals surface area contributed by atoms with E-state index in [4.69, 9.17) is 10.5 Å². The smallest absolute Gasteiger partial charge is 0.329 e. The molecule has 1 saturated heterocycles. The fraction of sp³-hybridized carbons (Fsp3) is 0.812. The summed E-state index contributed by atoms with van der Waals surface area (Å²) in [4.78, 5) is 80.0. The number of primary amides is 1. The molecule has 0 aromatic rings. The Kier molecular flexibility index (Phi) is 10.2. The van der Waals surface area contributed by atoms with Crippen molar-refractivity contribution in [2.24, 2.45) is 40.2 Å². The lowest BCUT2D eigenvalue weighted by atomic mass is 9.55. The van der Waals surface area contributed by atoms with Crippen LogP contribution in [0.4, 0.5) is 4.79 Å². The minimum Gasteiger partial charge on any atom is -0.458 e. The van der Waals surface area contributed by atoms with E-state index < -0.39 is 70.7 Å². The summed E-state index contributed by atoms with van der Waals surface area (Å²) in [6.07, 6.45) is 2.87. The summed E-state index contributed by atoms with van der Waals surface area (Å²) in [5.74, 6) is -3.64. The first-order valence-electron chi connectivity index (χ1n) is 15.8. The van der Waals surface area contributed by atoms with Crippen LogP contribution in [0.2, 0.25) is 0 Å². The highest BCUT2D eigenvalue weighted by Gasteiger charge is 2.60. The molecular formula is C32H53N5O7. The summed E-state index contributed by atoms with van der Waals surface area (Å²) in [5.41, 5.74) is 3.75. The van der Waals surface area contributed by atoms with Crippen molar-refractivity contribution in [3.63, 3.8) is 0 Å². The molecule has 1 aliphatic heterocycles. The zero-order chi connectivity index (χ0) is 33.5. The van der Waals surface area contributed by atoms with E-state index in [9.17, 15) is 28.8 Å². The summed E-state index contributed by atoms with van der Waals surface area (Å²) in [6.45, 7) is 18.7. The molecule has 2 unspecified atom stereocenters. The number of nitrogens with zero attached hydrogens (tertiary/aromatic N) is 1. The molecule has 44 heavy (non-hydrogen) atoms. The topological polar surface area (TPSA) is 177 Å². The monoisotopic (exact) mass is 619 g/mol. The standard InChI is InChI=1S/C32H53N5O7/c1-16(2)21(35-29(43)36-24(30(3,4)5)28(42)44-31(6,7)8)27(41)37-15-19-18(14-32(19,9)10)22(37)26(40)34-20(13-17-11-12-17)23(38)25(33)39/h16-22,24H,11-15H2,1-10H3,(H2,33,39)(H,34,40)(H2,35,36,43)/t18-,19-,20?,21-,22-,24?/m0/s1. The van der Waals surface area contributed by atoms with Crippen molar-refractivity contribution in [3.05, 3.63) is 0 Å². The first kappa shape index (κ1) is 35.3. The van der Waals surface area contributed by atoms with Crippen LogP contribution in [0, 0.1) is 34.5 Å². The molecule has 0 aromatic heterocycles. The summed E-state index contributed by atoms with van der Waals surface area (Å²) in [7, 11) is 0. The van der Waals surface area contributed by atoms with Gasteiger partial charge in [-0.15, -0.1) is 0 Å². The lowest BCUT2D eigenvalue weighted by molar-refractivity contribution is -0.160. The molecule has 5 amide bonds. The molecule has 248 valence electrons. The van der Waals surface area contributed by atoms with Crippen molar-refractivity contribution in [3.8, 4) is 0 Å². The van der Waals surface area contributed by atoms with Gasteiger partial charge in [-0.05, 0) is 68.1 Å². The highest BCUT2D eigenvalue weighted by atomic mass is 16.6. The molecule has 0 bridgehead atoms. The number of urea groups is 1. The highest BCUT2D eigenvalue weighted by molar-refractivity contribution is 6.37. The molecule has 1 heterocycles. The number of amides is 5. The zero-order valence-corrected chi connectivity index (χ0v) is 28.0. The van der Waals surface area contributed by atoms with Crippen LogP contribution in [0.3, 0.4) is 0 Å². The zero-order valence-electron chi connectivity index (χ0n) is 28.0. The second-order valence-electron chi connectivity index (χ2n) is 16.0. The van der Waals surface area contributed by atoms with Crippen LogP contribution in [0.15, 0.2) is 0 Å². The van der Waals surface area contributed by atoms with E-state index in [1.54, 1.807) is 55.4 Å². The predicted octanol–water partition coefficient (Wildman–Crippen LogP) is 2.28. The van der Waals surface area contributed by atoms with Crippen molar-refractivity contribution in [1.82, 2.24) is 20.9 Å². The Morgan fingerprint density at radius 2 is 1.55 bits per heavy atom. The second-order valence-corrected chi connectivity index (χ2v) is 16.0. The van der Waals surface area contributed by atoms with Gasteiger partial charge in [0, 0.05) is 6.54 Å². The summed E-state index contributed by atoms with van der Waals surface area (Å²) < 4.78 is 5.54. The molecule has 2 saturated carbocycles. The number of hydrogen-bond donors (Lipinski definition) is 4. The number of fused-ring (bicyclic) bond motifs is 1. The van der Waals surface area contributed by atoms with Crippen molar-refractivity contribution >= 4 is 35.5 Å². The quantitative estimate of drug-likeness (QED) is 0.202. The van der Waals surface area contributed by atoms with Crippen LogP contribution >= 0.6 is 0 Å². The van der Waals surface area contributed by atoms with Gasteiger partial charge in [0.1, 0.15) is 23.7 Å². The Morgan fingerprint density at radius 1 is 0.955 bits per heavy atom. The number of ether oxygens (including phenoxy) is 1. The average Bonchev–Trinajstić information content (AvgIpc) is 3.61. The fourth-order valence-corrected chi connectivity index (χ4v) is 6.50. The number of ketones is 1. The Bertz CT molecular complexity index is 1160. The molecule has 12 heteroatoms. The summed E-state index contributed by atoms with van der Waals surface area (Å²) in [6, 6.07) is -4.60. The van der Waals surface area contributed by atoms with Crippen LogP contribution in [-0.2, 0) is 28.7 Å². The Hall–Kier alpha value is -3.18. The maximum atomic E-state index is 14.2. The lowest BCUT2D eigenvalue weighted by Crippen LogP contribution is -2.61. The van der Waals surface area contributed by atoms with E-state index in [-0.39, 0.29) is 29.1 Å². The van der Waals surface area contributed by atoms with Crippen molar-refractivity contribution < 1.29 is 33.5 Å². The van der Waals surface area contributed by atoms with E-state index in [2.05, 4.69) is 29.8 Å². The number of likely N-dealkylation sites (tertiary alicyclic amines) is 1. The van der Waals surface area contributed by atoms with E-state index in [0.29, 0.717) is 19.4 Å². The van der Waals surface area contributed by atoms with Crippen molar-refractivity contribution in [1.29, 1.82) is 0 Å². The number of carbonyl (C=O) groups is 6. The molecule has 3 rings (SSSR count). The first-order valence-corrected chi connectivity index (χ1v) is 15.8. The van der Waals surface area contributed by atoms with Crippen LogP contribution in [0.1, 0.15) is 94.9 Å². The van der Waals surface area contributed by atoms with Gasteiger partial charge in [-0.3, -0.25) is 19.2 Å². The first-order chi connectivity index (χ1) is 20.0. The summed E-state index contributed by atoms with van der Waals surface area (Å²) in [5, 5.41) is 8.22. The second kappa shape index (κ2) is 12.7. The Morgan fingerprint density at radius 3 is 2.00 bits per heavy atom. The molecule has 2 aliphatic carbocycles. The van der Waals surface area contributed by atoms with Crippen LogP contribution in [0.5, 0.6) is 0 Å². The number of hydrogen-bond acceptors (Lipinski definition) is 7. The molecule has 3 fully saturated rings. The van der Waals surface area contributed by atoms with Gasteiger partial charge in [0.2, 0.25) is 17.6 Å². The third-order valence-corrected chi connectivity index (χ3v) is 9.11. The van der Waals surface area contributed by atoms with Gasteiger partial charge in [0.15, 0.2) is 0 Å². The van der Waals surface area contributed by atoms with Gasteiger partial charge in [-0.25, -0.2) is 9.59 Å². The Balaban J connectivity index is 1.82. The molecule has 3 aliphatic rings. The number of nitrogens with one attached hydrogen (secondary N) is 3. The predicted molar refractivity (Wildman–Crippen MR) is 164 cm³/mol. The third-order valence-electron chi connectivity index (χ3n) is 9.11. The van der Waals surface area contributed by atoms with Crippen molar-refractivity contribution in [2.45, 2.75) is 125 Å². The molecule has 12 nitrogen and oxygen atoms in total. The van der Waals surface area contributed by atoms with Crippen LogP contribution in [-0.4, -0.2) is 76.7 Å². The molecule has 0 spiro atoms. The molecule has 6 atom stereocenters. The minimum absolute atomic E-state index is 0.0509.